The summed E-state index contributed by atoms with van der Waals surface area (Å²) in [6, 6.07) is 13.4. The highest BCUT2D eigenvalue weighted by Crippen LogP contribution is 2.19. The van der Waals surface area contributed by atoms with Crippen LogP contribution < -0.4 is 16.6 Å². The maximum absolute atomic E-state index is 11.9. The Labute approximate surface area is 200 Å². The Bertz CT molecular complexity index is 926. The van der Waals surface area contributed by atoms with Gasteiger partial charge in [-0.25, -0.2) is 4.99 Å². The minimum Gasteiger partial charge on any atom is -0.370 e. The molecule has 31 heavy (non-hydrogen) atoms. The standard InChI is InChI=1S/C23H31N5O2.HI/c1-2-25-23(28-13-5-6-20(17-28)14-21(24)29)26-15-18-8-10-19(11-9-18)16-27-12-4-3-7-22(27)30;/h3-4,7-12,20H,2,5-6,13-17H2,1H3,(H2,24,29)(H,25,26);1H. The number of piperidine rings is 1. The molecule has 1 aliphatic heterocycles. The van der Waals surface area contributed by atoms with Gasteiger partial charge in [0, 0.05) is 38.3 Å². The number of rotatable bonds is 7. The highest BCUT2D eigenvalue weighted by atomic mass is 127. The molecule has 1 amide bonds. The second kappa shape index (κ2) is 12.5. The van der Waals surface area contributed by atoms with Crippen molar-refractivity contribution in [2.45, 2.75) is 39.3 Å². The van der Waals surface area contributed by atoms with Crippen molar-refractivity contribution in [3.63, 3.8) is 0 Å². The smallest absolute Gasteiger partial charge is 0.250 e. The molecule has 8 heteroatoms. The molecule has 168 valence electrons. The first-order valence-electron chi connectivity index (χ1n) is 10.6. The number of carbonyl (C=O) groups is 1. The molecule has 1 unspecified atom stereocenters. The molecule has 2 aromatic rings. The number of hydrogen-bond acceptors (Lipinski definition) is 3. The molecular weight excluding hydrogens is 505 g/mol. The van der Waals surface area contributed by atoms with Crippen molar-refractivity contribution in [1.82, 2.24) is 14.8 Å². The van der Waals surface area contributed by atoms with Gasteiger partial charge in [0.2, 0.25) is 5.91 Å². The normalized spacial score (nSPS) is 16.5. The summed E-state index contributed by atoms with van der Waals surface area (Å²) in [4.78, 5) is 30.2. The minimum atomic E-state index is -0.235. The fraction of sp³-hybridized carbons (Fsp3) is 0.435. The Hall–Kier alpha value is -2.36. The Morgan fingerprint density at radius 3 is 2.61 bits per heavy atom. The summed E-state index contributed by atoms with van der Waals surface area (Å²) in [5.41, 5.74) is 7.57. The predicted molar refractivity (Wildman–Crippen MR) is 135 cm³/mol. The summed E-state index contributed by atoms with van der Waals surface area (Å²) in [5.74, 6) is 0.939. The second-order valence-electron chi connectivity index (χ2n) is 7.78. The number of primary amides is 1. The van der Waals surface area contributed by atoms with Crippen LogP contribution in [0.25, 0.3) is 0 Å². The topological polar surface area (TPSA) is 92.7 Å². The molecule has 7 nitrogen and oxygen atoms in total. The van der Waals surface area contributed by atoms with Crippen molar-refractivity contribution in [2.24, 2.45) is 16.6 Å². The molecule has 1 atom stereocenters. The molecule has 3 N–H and O–H groups in total. The van der Waals surface area contributed by atoms with Gasteiger partial charge in [0.25, 0.3) is 5.56 Å². The molecule has 1 fully saturated rings. The second-order valence-corrected chi connectivity index (χ2v) is 7.78. The Kier molecular flexibility index (Phi) is 10.0. The van der Waals surface area contributed by atoms with E-state index >= 15 is 0 Å². The van der Waals surface area contributed by atoms with E-state index in [9.17, 15) is 9.59 Å². The zero-order chi connectivity index (χ0) is 21.3. The minimum absolute atomic E-state index is 0. The molecule has 1 aromatic carbocycles. The lowest BCUT2D eigenvalue weighted by atomic mass is 9.95. The zero-order valence-electron chi connectivity index (χ0n) is 18.0. The number of pyridine rings is 1. The number of nitrogens with one attached hydrogen (secondary N) is 1. The zero-order valence-corrected chi connectivity index (χ0v) is 20.3. The number of likely N-dealkylation sites (tertiary alicyclic amines) is 1. The van der Waals surface area contributed by atoms with Crippen molar-refractivity contribution in [3.05, 3.63) is 70.1 Å². The summed E-state index contributed by atoms with van der Waals surface area (Å²) < 4.78 is 1.69. The lowest BCUT2D eigenvalue weighted by Gasteiger charge is -2.34. The third kappa shape index (κ3) is 7.68. The Morgan fingerprint density at radius 1 is 1.19 bits per heavy atom. The van der Waals surface area contributed by atoms with Crippen molar-refractivity contribution in [1.29, 1.82) is 0 Å². The number of amides is 1. The average Bonchev–Trinajstić information content (AvgIpc) is 2.73. The fourth-order valence-corrected chi connectivity index (χ4v) is 3.84. The fourth-order valence-electron chi connectivity index (χ4n) is 3.84. The van der Waals surface area contributed by atoms with Crippen LogP contribution in [0.3, 0.4) is 0 Å². The van der Waals surface area contributed by atoms with Crippen LogP contribution in [0.15, 0.2) is 58.4 Å². The van der Waals surface area contributed by atoms with Crippen LogP contribution >= 0.6 is 24.0 Å². The number of aromatic nitrogens is 1. The van der Waals surface area contributed by atoms with Crippen LogP contribution in [0.4, 0.5) is 0 Å². The third-order valence-electron chi connectivity index (χ3n) is 5.33. The highest BCUT2D eigenvalue weighted by molar-refractivity contribution is 14.0. The lowest BCUT2D eigenvalue weighted by Crippen LogP contribution is -2.47. The van der Waals surface area contributed by atoms with E-state index in [1.54, 1.807) is 22.9 Å². The Balaban J connectivity index is 0.00000341. The quantitative estimate of drug-likeness (QED) is 0.323. The van der Waals surface area contributed by atoms with Gasteiger partial charge in [0.15, 0.2) is 5.96 Å². The Morgan fingerprint density at radius 2 is 1.94 bits per heavy atom. The van der Waals surface area contributed by atoms with E-state index in [-0.39, 0.29) is 35.4 Å². The molecule has 0 saturated carbocycles. The first-order chi connectivity index (χ1) is 14.5. The van der Waals surface area contributed by atoms with E-state index in [2.05, 4.69) is 29.3 Å². The third-order valence-corrected chi connectivity index (χ3v) is 5.33. The van der Waals surface area contributed by atoms with E-state index in [4.69, 9.17) is 10.7 Å². The van der Waals surface area contributed by atoms with Crippen molar-refractivity contribution < 1.29 is 4.79 Å². The van der Waals surface area contributed by atoms with E-state index in [0.717, 1.165) is 49.6 Å². The van der Waals surface area contributed by atoms with Crippen molar-refractivity contribution in [3.8, 4) is 0 Å². The summed E-state index contributed by atoms with van der Waals surface area (Å²) >= 11 is 0. The number of nitrogens with two attached hydrogens (primary N) is 1. The van der Waals surface area contributed by atoms with Crippen LogP contribution in [0.2, 0.25) is 0 Å². The molecule has 0 aliphatic carbocycles. The maximum atomic E-state index is 11.9. The number of nitrogens with zero attached hydrogens (tertiary/aromatic N) is 3. The molecule has 3 rings (SSSR count). The number of carbonyl (C=O) groups excluding carboxylic acids is 1. The van der Waals surface area contributed by atoms with Gasteiger partial charge >= 0.3 is 0 Å². The van der Waals surface area contributed by atoms with E-state index < -0.39 is 0 Å². The molecule has 1 aromatic heterocycles. The van der Waals surface area contributed by atoms with Crippen LogP contribution in [0.1, 0.15) is 37.3 Å². The first kappa shape index (κ1) is 24.9. The number of guanidine groups is 1. The van der Waals surface area contributed by atoms with Crippen LogP contribution in [-0.2, 0) is 17.9 Å². The summed E-state index contributed by atoms with van der Waals surface area (Å²) in [6.07, 6.45) is 4.30. The molecule has 2 heterocycles. The van der Waals surface area contributed by atoms with Crippen LogP contribution in [0.5, 0.6) is 0 Å². The van der Waals surface area contributed by atoms with Gasteiger partial charge in [-0.15, -0.1) is 24.0 Å². The van der Waals surface area contributed by atoms with Crippen LogP contribution in [-0.4, -0.2) is 41.0 Å². The van der Waals surface area contributed by atoms with Gasteiger partial charge in [-0.1, -0.05) is 30.3 Å². The number of hydrogen-bond donors (Lipinski definition) is 2. The molecule has 1 aliphatic rings. The number of aliphatic imine (C=N–C) groups is 1. The lowest BCUT2D eigenvalue weighted by molar-refractivity contribution is -0.119. The van der Waals surface area contributed by atoms with E-state index in [1.165, 1.54) is 0 Å². The molecule has 0 radical (unpaired) electrons. The van der Waals surface area contributed by atoms with Crippen LogP contribution in [0, 0.1) is 5.92 Å². The molecule has 0 bridgehead atoms. The van der Waals surface area contributed by atoms with E-state index in [0.29, 0.717) is 25.4 Å². The van der Waals surface area contributed by atoms with Gasteiger partial charge in [-0.3, -0.25) is 9.59 Å². The highest BCUT2D eigenvalue weighted by Gasteiger charge is 2.23. The summed E-state index contributed by atoms with van der Waals surface area (Å²) in [6.45, 7) is 5.72. The largest absolute Gasteiger partial charge is 0.370 e. The van der Waals surface area contributed by atoms with E-state index in [1.807, 2.05) is 18.2 Å². The average molecular weight is 537 g/mol. The van der Waals surface area contributed by atoms with Gasteiger partial charge < -0.3 is 20.5 Å². The molecule has 0 spiro atoms. The number of halogens is 1. The summed E-state index contributed by atoms with van der Waals surface area (Å²) in [7, 11) is 0. The SMILES string of the molecule is CCNC(=NCc1ccc(Cn2ccccc2=O)cc1)N1CCCC(CC(N)=O)C1.I. The molecular formula is C23H32IN5O2. The van der Waals surface area contributed by atoms with Crippen molar-refractivity contribution in [2.75, 3.05) is 19.6 Å². The van der Waals surface area contributed by atoms with Gasteiger partial charge in [0.05, 0.1) is 13.1 Å². The monoisotopic (exact) mass is 537 g/mol. The van der Waals surface area contributed by atoms with Gasteiger partial charge in [-0.2, -0.15) is 0 Å². The summed E-state index contributed by atoms with van der Waals surface area (Å²) in [5, 5.41) is 3.37. The van der Waals surface area contributed by atoms with Gasteiger partial charge in [0.1, 0.15) is 0 Å². The predicted octanol–water partition coefficient (Wildman–Crippen LogP) is 2.57. The first-order valence-corrected chi connectivity index (χ1v) is 10.6. The molecule has 1 saturated heterocycles. The van der Waals surface area contributed by atoms with Gasteiger partial charge in [-0.05, 0) is 42.9 Å². The maximum Gasteiger partial charge on any atom is 0.250 e. The van der Waals surface area contributed by atoms with Crippen molar-refractivity contribution >= 4 is 35.8 Å². The number of benzene rings is 1.